The molecular weight excluding hydrogens is 627 g/mol. The Kier molecular flexibility index (Phi) is 12.2. The van der Waals surface area contributed by atoms with Gasteiger partial charge in [-0.3, -0.25) is 4.90 Å². The maximum absolute atomic E-state index is 13.7. The molecule has 0 aliphatic carbocycles. The maximum Gasteiger partial charge on any atom is 0.417 e. The summed E-state index contributed by atoms with van der Waals surface area (Å²) in [5.41, 5.74) is 3.29. The molecule has 10 heteroatoms. The Hall–Kier alpha value is -3.27. The number of nitrogens with zero attached hydrogens (tertiary/aromatic N) is 1. The highest BCUT2D eigenvalue weighted by Gasteiger charge is 2.34. The fourth-order valence-corrected chi connectivity index (χ4v) is 5.88. The van der Waals surface area contributed by atoms with Crippen LogP contribution in [-0.4, -0.2) is 36.3 Å². The average Bonchev–Trinajstić information content (AvgIpc) is 2.99. The molecule has 0 saturated carbocycles. The van der Waals surface area contributed by atoms with Crippen molar-refractivity contribution >= 4 is 29.2 Å². The first-order valence-electron chi connectivity index (χ1n) is 14.6. The lowest BCUT2D eigenvalue weighted by molar-refractivity contribution is -0.137. The van der Waals surface area contributed by atoms with E-state index in [2.05, 4.69) is 33.9 Å². The van der Waals surface area contributed by atoms with Crippen molar-refractivity contribution in [3.63, 3.8) is 0 Å². The average molecular weight is 663 g/mol. The van der Waals surface area contributed by atoms with Crippen LogP contribution in [0, 0.1) is 6.92 Å². The van der Waals surface area contributed by atoms with E-state index >= 15 is 0 Å². The Balaban J connectivity index is 1.51. The highest BCUT2D eigenvalue weighted by molar-refractivity contribution is 8.00. The molecule has 0 bridgehead atoms. The second-order valence-electron chi connectivity index (χ2n) is 11.0. The summed E-state index contributed by atoms with van der Waals surface area (Å²) < 4.78 is 76.4. The number of alkyl halides is 5. The number of halogens is 6. The third-order valence-electron chi connectivity index (χ3n) is 7.20. The quantitative estimate of drug-likeness (QED) is 0.0778. The van der Waals surface area contributed by atoms with E-state index in [-0.39, 0.29) is 23.2 Å². The maximum atomic E-state index is 13.7. The summed E-state index contributed by atoms with van der Waals surface area (Å²) in [6.07, 6.45) is -3.97. The van der Waals surface area contributed by atoms with Crippen LogP contribution in [0.4, 0.5) is 27.6 Å². The van der Waals surface area contributed by atoms with Gasteiger partial charge in [0.2, 0.25) is 0 Å². The minimum Gasteiger partial charge on any atom is -0.493 e. The summed E-state index contributed by atoms with van der Waals surface area (Å²) >= 11 is 7.25. The molecule has 4 rings (SSSR count). The van der Waals surface area contributed by atoms with Gasteiger partial charge in [0, 0.05) is 44.2 Å². The van der Waals surface area contributed by atoms with Crippen molar-refractivity contribution in [3.8, 4) is 5.75 Å². The second kappa shape index (κ2) is 15.8. The summed E-state index contributed by atoms with van der Waals surface area (Å²) in [6, 6.07) is 29.5. The third-order valence-corrected chi connectivity index (χ3v) is 8.68. The van der Waals surface area contributed by atoms with Gasteiger partial charge in [-0.05, 0) is 59.7 Å². The predicted octanol–water partition coefficient (Wildman–Crippen LogP) is 10.5. The van der Waals surface area contributed by atoms with Crippen LogP contribution in [-0.2, 0) is 12.7 Å². The van der Waals surface area contributed by atoms with Gasteiger partial charge in [-0.2, -0.15) is 13.2 Å². The third kappa shape index (κ3) is 10.7. The number of hydrogen-bond acceptors (Lipinski definition) is 4. The summed E-state index contributed by atoms with van der Waals surface area (Å²) in [7, 11) is 0. The second-order valence-corrected chi connectivity index (χ2v) is 12.2. The molecule has 0 atom stereocenters. The molecule has 240 valence electrons. The number of hydrogen-bond donors (Lipinski definition) is 1. The van der Waals surface area contributed by atoms with Crippen LogP contribution >= 0.6 is 23.5 Å². The first-order chi connectivity index (χ1) is 21.4. The number of nitrogens with one attached hydrogen (secondary N) is 1. The minimum atomic E-state index is -4.56. The Morgan fingerprint density at radius 2 is 1.51 bits per heavy atom. The van der Waals surface area contributed by atoms with E-state index in [0.717, 1.165) is 41.6 Å². The zero-order chi connectivity index (χ0) is 32.5. The normalized spacial score (nSPS) is 12.1. The number of aryl methyl sites for hydroxylation is 1. The highest BCUT2D eigenvalue weighted by atomic mass is 35.5. The number of benzene rings is 4. The van der Waals surface area contributed by atoms with Crippen LogP contribution in [0.3, 0.4) is 0 Å². The monoisotopic (exact) mass is 662 g/mol. The Bertz CT molecular complexity index is 1460. The van der Waals surface area contributed by atoms with E-state index in [4.69, 9.17) is 16.3 Å². The lowest BCUT2D eigenvalue weighted by Crippen LogP contribution is -2.31. The van der Waals surface area contributed by atoms with E-state index in [1.807, 2.05) is 49.4 Å². The molecule has 3 nitrogen and oxygen atoms in total. The molecule has 0 aliphatic heterocycles. The SMILES string of the molecule is Cc1ccc(NSCC(C)(F)F)cc1OCCCN(Cc1cccc(C(F)(F)F)c1Cl)CC(c1ccccc1)c1ccccc1. The molecule has 4 aromatic carbocycles. The molecule has 0 unspecified atom stereocenters. The minimum absolute atomic E-state index is 0.0316. The summed E-state index contributed by atoms with van der Waals surface area (Å²) in [5.74, 6) is -2.56. The standard InChI is InChI=1S/C35H36ClF5N2OS/c1-25-17-18-29(42-45-24-34(2,37)38)21-32(25)44-20-10-19-43(22-28-15-9-16-31(33(28)36)35(39,40)41)23-30(26-11-5-3-6-12-26)27-13-7-4-8-14-27/h3-9,11-18,21,30,42H,10,19-20,22-24H2,1-2H3. The highest BCUT2D eigenvalue weighted by Crippen LogP contribution is 2.37. The van der Waals surface area contributed by atoms with Gasteiger partial charge in [0.05, 0.1) is 22.9 Å². The molecule has 0 saturated heterocycles. The molecule has 0 heterocycles. The molecule has 0 radical (unpaired) electrons. The number of rotatable bonds is 15. The first kappa shape index (κ1) is 34.6. The van der Waals surface area contributed by atoms with E-state index in [0.29, 0.717) is 43.1 Å². The van der Waals surface area contributed by atoms with Gasteiger partial charge in [0.25, 0.3) is 5.92 Å². The Labute approximate surface area is 270 Å². The largest absolute Gasteiger partial charge is 0.493 e. The topological polar surface area (TPSA) is 24.5 Å². The van der Waals surface area contributed by atoms with E-state index in [1.54, 1.807) is 18.2 Å². The molecule has 0 spiro atoms. The first-order valence-corrected chi connectivity index (χ1v) is 15.9. The molecule has 4 aromatic rings. The van der Waals surface area contributed by atoms with E-state index in [1.165, 1.54) is 6.07 Å². The Morgan fingerprint density at radius 1 is 0.867 bits per heavy atom. The summed E-state index contributed by atoms with van der Waals surface area (Å²) in [5, 5.41) is -0.291. The molecule has 0 aromatic heterocycles. The van der Waals surface area contributed by atoms with Gasteiger partial charge in [-0.25, -0.2) is 8.78 Å². The van der Waals surface area contributed by atoms with E-state index in [9.17, 15) is 22.0 Å². The number of ether oxygens (including phenoxy) is 1. The van der Waals surface area contributed by atoms with Crippen LogP contribution in [0.5, 0.6) is 5.75 Å². The van der Waals surface area contributed by atoms with Crippen LogP contribution < -0.4 is 9.46 Å². The number of anilines is 1. The van der Waals surface area contributed by atoms with Crippen molar-refractivity contribution in [1.29, 1.82) is 0 Å². The lowest BCUT2D eigenvalue weighted by atomic mass is 9.90. The van der Waals surface area contributed by atoms with Crippen molar-refractivity contribution in [1.82, 2.24) is 4.90 Å². The molecule has 0 aliphatic rings. The van der Waals surface area contributed by atoms with Crippen LogP contribution in [0.25, 0.3) is 0 Å². The predicted molar refractivity (Wildman–Crippen MR) is 174 cm³/mol. The summed E-state index contributed by atoms with van der Waals surface area (Å²) in [4.78, 5) is 2.11. The van der Waals surface area contributed by atoms with Crippen LogP contribution in [0.2, 0.25) is 5.02 Å². The van der Waals surface area contributed by atoms with Crippen molar-refractivity contribution in [2.45, 2.75) is 44.8 Å². The lowest BCUT2D eigenvalue weighted by Gasteiger charge is -2.29. The fraction of sp³-hybridized carbons (Fsp3) is 0.314. The molecular formula is C35H36ClF5N2OS. The van der Waals surface area contributed by atoms with Crippen LogP contribution in [0.1, 0.15) is 47.1 Å². The smallest absolute Gasteiger partial charge is 0.417 e. The van der Waals surface area contributed by atoms with E-state index < -0.39 is 17.7 Å². The van der Waals surface area contributed by atoms with Crippen molar-refractivity contribution in [2.24, 2.45) is 0 Å². The van der Waals surface area contributed by atoms with Crippen LogP contribution in [0.15, 0.2) is 97.1 Å². The molecule has 45 heavy (non-hydrogen) atoms. The Morgan fingerprint density at radius 3 is 2.11 bits per heavy atom. The van der Waals surface area contributed by atoms with Gasteiger partial charge in [-0.1, -0.05) is 90.5 Å². The van der Waals surface area contributed by atoms with Gasteiger partial charge in [0.15, 0.2) is 0 Å². The fourth-order valence-electron chi connectivity index (χ4n) is 4.96. The van der Waals surface area contributed by atoms with Gasteiger partial charge >= 0.3 is 6.18 Å². The van der Waals surface area contributed by atoms with Crippen molar-refractivity contribution in [2.75, 3.05) is 30.2 Å². The zero-order valence-corrected chi connectivity index (χ0v) is 26.7. The molecule has 0 fully saturated rings. The zero-order valence-electron chi connectivity index (χ0n) is 25.1. The molecule has 0 amide bonds. The van der Waals surface area contributed by atoms with Gasteiger partial charge in [0.1, 0.15) is 5.75 Å². The molecule has 1 N–H and O–H groups in total. The van der Waals surface area contributed by atoms with Crippen molar-refractivity contribution in [3.05, 3.63) is 130 Å². The van der Waals surface area contributed by atoms with Gasteiger partial charge in [-0.15, -0.1) is 0 Å². The van der Waals surface area contributed by atoms with Crippen molar-refractivity contribution < 1.29 is 26.7 Å². The summed E-state index contributed by atoms with van der Waals surface area (Å²) in [6.45, 7) is 4.41. The van der Waals surface area contributed by atoms with Gasteiger partial charge < -0.3 is 9.46 Å².